The van der Waals surface area contributed by atoms with Gasteiger partial charge in [0, 0.05) is 6.20 Å². The summed E-state index contributed by atoms with van der Waals surface area (Å²) in [6.07, 6.45) is 0.719. The second-order valence-electron chi connectivity index (χ2n) is 1.57. The van der Waals surface area contributed by atoms with Crippen LogP contribution in [0.1, 0.15) is 0 Å². The lowest BCUT2D eigenvalue weighted by Gasteiger charge is -2.15. The average Bonchev–Trinajstić information content (AvgIpc) is 2.15. The molecule has 0 spiro atoms. The van der Waals surface area contributed by atoms with Gasteiger partial charge >= 0.3 is 6.09 Å². The zero-order valence-corrected chi connectivity index (χ0v) is 7.22. The van der Waals surface area contributed by atoms with Gasteiger partial charge in [0.15, 0.2) is 5.50 Å². The molecule has 1 heterocycles. The molecule has 0 bridgehead atoms. The quantitative estimate of drug-likeness (QED) is 0.661. The zero-order valence-electron chi connectivity index (χ0n) is 4.82. The van der Waals surface area contributed by atoms with Crippen LogP contribution in [-0.4, -0.2) is 20.6 Å². The Morgan fingerprint density at radius 2 is 2.60 bits per heavy atom. The predicted molar refractivity (Wildman–Crippen MR) is 42.4 cm³/mol. The number of carboxylic acid groups (broad SMARTS) is 1. The van der Waals surface area contributed by atoms with Gasteiger partial charge < -0.3 is 5.11 Å². The Balaban J connectivity index is 2.37. The van der Waals surface area contributed by atoms with Crippen molar-refractivity contribution in [2.75, 3.05) is 0 Å². The first-order valence-corrected chi connectivity index (χ1v) is 4.11. The molecule has 0 aromatic carbocycles. The molecular weight excluding hydrogens is 220 g/mol. The molecule has 0 fully saturated rings. The second kappa shape index (κ2) is 3.16. The van der Waals surface area contributed by atoms with Crippen molar-refractivity contribution in [2.45, 2.75) is 5.50 Å². The molecule has 1 aliphatic rings. The van der Waals surface area contributed by atoms with Crippen molar-refractivity contribution in [1.29, 1.82) is 0 Å². The van der Waals surface area contributed by atoms with Crippen molar-refractivity contribution in [1.82, 2.24) is 9.24 Å². The summed E-state index contributed by atoms with van der Waals surface area (Å²) in [4.78, 5) is 10.1. The molecule has 1 atom stereocenters. The van der Waals surface area contributed by atoms with E-state index in [2.05, 4.69) is 21.5 Å². The van der Waals surface area contributed by atoms with Crippen LogP contribution in [0.2, 0.25) is 0 Å². The number of carbonyl (C=O) groups is 1. The second-order valence-corrected chi connectivity index (χ2v) is 3.38. The van der Waals surface area contributed by atoms with E-state index >= 15 is 0 Å². The maximum Gasteiger partial charge on any atom is 0.406 e. The van der Waals surface area contributed by atoms with Gasteiger partial charge in [-0.05, 0) is 5.41 Å². The number of nitrogens with one attached hydrogen (secondary N) is 1. The maximum atomic E-state index is 10.1. The van der Waals surface area contributed by atoms with Gasteiger partial charge in [0.05, 0.1) is 16.1 Å². The highest BCUT2D eigenvalue weighted by molar-refractivity contribution is 9.07. The normalized spacial score (nSPS) is 23.3. The number of hydrogen-bond acceptors (Lipinski definition) is 3. The highest BCUT2D eigenvalue weighted by Gasteiger charge is 2.18. The van der Waals surface area contributed by atoms with Gasteiger partial charge in [-0.3, -0.25) is 9.24 Å². The lowest BCUT2D eigenvalue weighted by molar-refractivity contribution is 0.190. The minimum absolute atomic E-state index is 0.238. The van der Waals surface area contributed by atoms with Crippen molar-refractivity contribution < 1.29 is 9.90 Å². The van der Waals surface area contributed by atoms with Crippen molar-refractivity contribution in [3.63, 3.8) is 0 Å². The Hall–Kier alpha value is -0.360. The van der Waals surface area contributed by atoms with Crippen LogP contribution in [0, 0.1) is 0 Å². The fourth-order valence-electron chi connectivity index (χ4n) is 0.505. The molecule has 1 unspecified atom stereocenters. The third-order valence-electron chi connectivity index (χ3n) is 0.882. The van der Waals surface area contributed by atoms with Crippen LogP contribution >= 0.6 is 27.9 Å². The van der Waals surface area contributed by atoms with Gasteiger partial charge in [-0.2, -0.15) is 0 Å². The molecule has 0 aliphatic carbocycles. The first-order chi connectivity index (χ1) is 4.70. The summed E-state index contributed by atoms with van der Waals surface area (Å²) in [7, 11) is 0. The van der Waals surface area contributed by atoms with E-state index in [1.165, 1.54) is 11.8 Å². The fourth-order valence-corrected chi connectivity index (χ4v) is 1.88. The standard InChI is InChI=1S/C4H5BrN2O2S/c5-7-1-2-10-3(7)6-4(8)9/h1-3,6H,(H,8,9). The maximum absolute atomic E-state index is 10.1. The summed E-state index contributed by atoms with van der Waals surface area (Å²) >= 11 is 4.52. The molecule has 0 aromatic rings. The molecule has 6 heteroatoms. The van der Waals surface area contributed by atoms with Crippen molar-refractivity contribution in [3.8, 4) is 0 Å². The van der Waals surface area contributed by atoms with E-state index in [9.17, 15) is 4.79 Å². The summed E-state index contributed by atoms with van der Waals surface area (Å²) in [5.41, 5.74) is -0.238. The minimum atomic E-state index is -1.02. The van der Waals surface area contributed by atoms with E-state index in [0.29, 0.717) is 0 Å². The van der Waals surface area contributed by atoms with Crippen LogP contribution in [0.3, 0.4) is 0 Å². The molecule has 56 valence electrons. The summed E-state index contributed by atoms with van der Waals surface area (Å²) in [5.74, 6) is 0. The molecule has 10 heavy (non-hydrogen) atoms. The van der Waals surface area contributed by atoms with Gasteiger partial charge in [0.2, 0.25) is 0 Å². The Morgan fingerprint density at radius 1 is 1.90 bits per heavy atom. The van der Waals surface area contributed by atoms with E-state index in [-0.39, 0.29) is 5.50 Å². The van der Waals surface area contributed by atoms with E-state index < -0.39 is 6.09 Å². The Labute approximate surface area is 70.6 Å². The lowest BCUT2D eigenvalue weighted by atomic mass is 10.9. The third kappa shape index (κ3) is 1.81. The molecule has 1 amide bonds. The molecular formula is C4H5BrN2O2S. The SMILES string of the molecule is O=C(O)NC1SC=CN1Br. The number of amides is 1. The molecule has 0 aromatic heterocycles. The third-order valence-corrected chi connectivity index (χ3v) is 2.68. The molecule has 0 saturated carbocycles. The van der Waals surface area contributed by atoms with Gasteiger partial charge in [-0.1, -0.05) is 11.8 Å². The smallest absolute Gasteiger partial charge is 0.406 e. The Kier molecular flexibility index (Phi) is 2.44. The Morgan fingerprint density at radius 3 is 3.00 bits per heavy atom. The van der Waals surface area contributed by atoms with Gasteiger partial charge in [-0.15, -0.1) is 0 Å². The lowest BCUT2D eigenvalue weighted by Crippen LogP contribution is -2.36. The van der Waals surface area contributed by atoms with Crippen LogP contribution in [0.15, 0.2) is 11.6 Å². The summed E-state index contributed by atoms with van der Waals surface area (Å²) in [6.45, 7) is 0. The van der Waals surface area contributed by atoms with Crippen molar-refractivity contribution in [3.05, 3.63) is 11.6 Å². The first kappa shape index (κ1) is 7.74. The zero-order chi connectivity index (χ0) is 7.56. The van der Waals surface area contributed by atoms with E-state index in [1.807, 2.05) is 0 Å². The largest absolute Gasteiger partial charge is 0.465 e. The minimum Gasteiger partial charge on any atom is -0.465 e. The van der Waals surface area contributed by atoms with Crippen LogP contribution in [-0.2, 0) is 0 Å². The van der Waals surface area contributed by atoms with E-state index in [0.717, 1.165) is 0 Å². The number of hydrogen-bond donors (Lipinski definition) is 2. The first-order valence-electron chi connectivity index (χ1n) is 2.46. The number of halogens is 1. The number of thioether (sulfide) groups is 1. The molecule has 4 nitrogen and oxygen atoms in total. The van der Waals surface area contributed by atoms with Crippen LogP contribution in [0.4, 0.5) is 4.79 Å². The van der Waals surface area contributed by atoms with E-state index in [1.54, 1.807) is 15.5 Å². The average molecular weight is 225 g/mol. The Bertz CT molecular complexity index is 175. The van der Waals surface area contributed by atoms with Crippen molar-refractivity contribution in [2.24, 2.45) is 0 Å². The predicted octanol–water partition coefficient (Wildman–Crippen LogP) is 1.37. The van der Waals surface area contributed by atoms with Crippen LogP contribution < -0.4 is 5.32 Å². The number of rotatable bonds is 1. The topological polar surface area (TPSA) is 52.6 Å². The molecule has 1 rings (SSSR count). The molecule has 2 N–H and O–H groups in total. The van der Waals surface area contributed by atoms with Crippen molar-refractivity contribution >= 4 is 34.0 Å². The summed E-state index contributed by atoms with van der Waals surface area (Å²) in [6, 6.07) is 0. The van der Waals surface area contributed by atoms with E-state index in [4.69, 9.17) is 5.11 Å². The summed E-state index contributed by atoms with van der Waals surface area (Å²) < 4.78 is 1.60. The number of nitrogens with zero attached hydrogens (tertiary/aromatic N) is 1. The fraction of sp³-hybridized carbons (Fsp3) is 0.250. The molecule has 0 saturated heterocycles. The van der Waals surface area contributed by atoms with Gasteiger partial charge in [0.1, 0.15) is 0 Å². The summed E-state index contributed by atoms with van der Waals surface area (Å²) in [5, 5.41) is 12.4. The van der Waals surface area contributed by atoms with Gasteiger partial charge in [0.25, 0.3) is 0 Å². The monoisotopic (exact) mass is 224 g/mol. The van der Waals surface area contributed by atoms with Gasteiger partial charge in [-0.25, -0.2) is 4.79 Å². The highest BCUT2D eigenvalue weighted by Crippen LogP contribution is 2.25. The highest BCUT2D eigenvalue weighted by atomic mass is 79.9. The molecule has 0 radical (unpaired) electrons. The van der Waals surface area contributed by atoms with Crippen LogP contribution in [0.5, 0.6) is 0 Å². The molecule has 1 aliphatic heterocycles. The van der Waals surface area contributed by atoms with Crippen LogP contribution in [0.25, 0.3) is 0 Å².